The first-order valence-electron chi connectivity index (χ1n) is 6.91. The quantitative estimate of drug-likeness (QED) is 0.934. The Kier molecular flexibility index (Phi) is 3.87. The van der Waals surface area contributed by atoms with Gasteiger partial charge in [0.05, 0.1) is 24.1 Å². The molecule has 1 saturated heterocycles. The normalized spacial score (nSPS) is 22.6. The molecule has 1 aliphatic rings. The zero-order valence-electron chi connectivity index (χ0n) is 11.7. The van der Waals surface area contributed by atoms with Gasteiger partial charge < -0.3 is 14.7 Å². The monoisotopic (exact) mass is 293 g/mol. The van der Waals surface area contributed by atoms with Crippen molar-refractivity contribution in [2.75, 3.05) is 24.7 Å². The molecule has 5 nitrogen and oxygen atoms in total. The van der Waals surface area contributed by atoms with Crippen LogP contribution in [0.3, 0.4) is 0 Å². The fraction of sp³-hybridized carbons (Fsp3) is 0.571. The highest BCUT2D eigenvalue weighted by molar-refractivity contribution is 7.18. The molecule has 0 saturated carbocycles. The molecule has 2 aromatic rings. The highest BCUT2D eigenvalue weighted by Crippen LogP contribution is 2.32. The van der Waals surface area contributed by atoms with Crippen molar-refractivity contribution < 1.29 is 9.84 Å². The number of anilines is 1. The molecule has 2 atom stereocenters. The van der Waals surface area contributed by atoms with Gasteiger partial charge in [-0.15, -0.1) is 11.3 Å². The van der Waals surface area contributed by atoms with Crippen LogP contribution in [-0.2, 0) is 4.74 Å². The lowest BCUT2D eigenvalue weighted by molar-refractivity contribution is 0.117. The summed E-state index contributed by atoms with van der Waals surface area (Å²) in [6, 6.07) is 2.39. The Morgan fingerprint density at radius 1 is 1.50 bits per heavy atom. The van der Waals surface area contributed by atoms with Crippen LogP contribution in [0.25, 0.3) is 10.2 Å². The van der Waals surface area contributed by atoms with E-state index in [1.165, 1.54) is 4.88 Å². The van der Waals surface area contributed by atoms with Crippen LogP contribution in [0, 0.1) is 6.92 Å². The van der Waals surface area contributed by atoms with Crippen molar-refractivity contribution in [2.45, 2.75) is 32.4 Å². The van der Waals surface area contributed by atoms with E-state index in [1.54, 1.807) is 17.7 Å². The minimum atomic E-state index is 0.109. The second-order valence-electron chi connectivity index (χ2n) is 5.12. The van der Waals surface area contributed by atoms with Gasteiger partial charge in [0.2, 0.25) is 0 Å². The molecule has 0 unspecified atom stereocenters. The Hall–Kier alpha value is -1.24. The molecule has 0 radical (unpaired) electrons. The van der Waals surface area contributed by atoms with Crippen LogP contribution in [0.5, 0.6) is 0 Å². The number of aromatic nitrogens is 2. The van der Waals surface area contributed by atoms with Crippen LogP contribution in [0.15, 0.2) is 12.4 Å². The smallest absolute Gasteiger partial charge is 0.141 e. The molecular formula is C14H19N3O2S. The molecule has 1 N–H and O–H groups in total. The molecule has 3 rings (SSSR count). The lowest BCUT2D eigenvalue weighted by atomic mass is 10.1. The van der Waals surface area contributed by atoms with Crippen molar-refractivity contribution >= 4 is 27.4 Å². The lowest BCUT2D eigenvalue weighted by Crippen LogP contribution is -2.42. The molecule has 3 heterocycles. The van der Waals surface area contributed by atoms with Gasteiger partial charge in [0, 0.05) is 18.0 Å². The maximum absolute atomic E-state index is 9.40. The fourth-order valence-corrected chi connectivity index (χ4v) is 3.70. The van der Waals surface area contributed by atoms with E-state index in [0.29, 0.717) is 6.54 Å². The van der Waals surface area contributed by atoms with Crippen molar-refractivity contribution in [3.63, 3.8) is 0 Å². The van der Waals surface area contributed by atoms with Crippen molar-refractivity contribution in [3.05, 3.63) is 17.3 Å². The number of nitrogens with zero attached hydrogens (tertiary/aromatic N) is 3. The summed E-state index contributed by atoms with van der Waals surface area (Å²) in [5, 5.41) is 10.5. The van der Waals surface area contributed by atoms with Crippen LogP contribution in [0.1, 0.15) is 18.2 Å². The van der Waals surface area contributed by atoms with E-state index in [2.05, 4.69) is 34.8 Å². The Balaban J connectivity index is 2.04. The Morgan fingerprint density at radius 3 is 3.05 bits per heavy atom. The third kappa shape index (κ3) is 2.39. The number of aryl methyl sites for hydroxylation is 1. The van der Waals surface area contributed by atoms with Gasteiger partial charge in [0.15, 0.2) is 0 Å². The molecule has 0 aromatic carbocycles. The van der Waals surface area contributed by atoms with Gasteiger partial charge in [-0.05, 0) is 26.3 Å². The molecule has 6 heteroatoms. The van der Waals surface area contributed by atoms with E-state index in [0.717, 1.165) is 29.1 Å². The average Bonchev–Trinajstić information content (AvgIpc) is 3.00. The van der Waals surface area contributed by atoms with Crippen LogP contribution < -0.4 is 4.90 Å². The van der Waals surface area contributed by atoms with E-state index in [4.69, 9.17) is 4.74 Å². The number of fused-ring (bicyclic) bond motifs is 1. The third-order valence-electron chi connectivity index (χ3n) is 3.78. The number of aliphatic hydroxyl groups excluding tert-OH is 1. The highest BCUT2D eigenvalue weighted by Gasteiger charge is 2.31. The summed E-state index contributed by atoms with van der Waals surface area (Å²) in [6.45, 7) is 5.61. The predicted molar refractivity (Wildman–Crippen MR) is 80.4 cm³/mol. The number of hydrogen-bond acceptors (Lipinski definition) is 6. The Morgan fingerprint density at radius 2 is 2.35 bits per heavy atom. The summed E-state index contributed by atoms with van der Waals surface area (Å²) in [5.74, 6) is 0.913. The first kappa shape index (κ1) is 13.7. The summed E-state index contributed by atoms with van der Waals surface area (Å²) in [6.07, 6.45) is 2.74. The molecular weight excluding hydrogens is 274 g/mol. The van der Waals surface area contributed by atoms with Gasteiger partial charge in [-0.25, -0.2) is 9.97 Å². The van der Waals surface area contributed by atoms with E-state index < -0.39 is 0 Å². The number of ether oxygens (including phenoxy) is 1. The number of thiophene rings is 1. The molecule has 2 aromatic heterocycles. The van der Waals surface area contributed by atoms with E-state index in [9.17, 15) is 5.11 Å². The molecule has 1 aliphatic heterocycles. The van der Waals surface area contributed by atoms with Crippen molar-refractivity contribution in [3.8, 4) is 0 Å². The number of aliphatic hydroxyl groups is 1. The summed E-state index contributed by atoms with van der Waals surface area (Å²) in [4.78, 5) is 13.2. The molecule has 20 heavy (non-hydrogen) atoms. The topological polar surface area (TPSA) is 58.5 Å². The van der Waals surface area contributed by atoms with Crippen molar-refractivity contribution in [1.82, 2.24) is 9.97 Å². The van der Waals surface area contributed by atoms with Gasteiger partial charge in [-0.3, -0.25) is 0 Å². The second-order valence-corrected chi connectivity index (χ2v) is 6.36. The average molecular weight is 293 g/mol. The predicted octanol–water partition coefficient (Wildman–Crippen LogP) is 1.98. The van der Waals surface area contributed by atoms with Gasteiger partial charge in [0.1, 0.15) is 17.0 Å². The zero-order valence-corrected chi connectivity index (χ0v) is 12.6. The maximum Gasteiger partial charge on any atom is 0.141 e. The third-order valence-corrected chi connectivity index (χ3v) is 4.74. The van der Waals surface area contributed by atoms with Crippen LogP contribution in [-0.4, -0.2) is 47.0 Å². The first-order chi connectivity index (χ1) is 9.70. The molecule has 0 amide bonds. The standard InChI is InChI=1S/C14H19N3O2S/c1-9-7-11-13(15-8-16-14(11)20-9)17(4-5-18)12-3-6-19-10(12)2/h7-8,10,12,18H,3-6H2,1-2H3/t10-,12+/m1/s1. The largest absolute Gasteiger partial charge is 0.395 e. The maximum atomic E-state index is 9.40. The van der Waals surface area contributed by atoms with Gasteiger partial charge in [0.25, 0.3) is 0 Å². The van der Waals surface area contributed by atoms with E-state index in [1.807, 2.05) is 0 Å². The summed E-state index contributed by atoms with van der Waals surface area (Å²) in [5.41, 5.74) is 0. The summed E-state index contributed by atoms with van der Waals surface area (Å²) >= 11 is 1.67. The van der Waals surface area contributed by atoms with E-state index in [-0.39, 0.29) is 18.8 Å². The van der Waals surface area contributed by atoms with Crippen LogP contribution in [0.2, 0.25) is 0 Å². The zero-order chi connectivity index (χ0) is 14.1. The SMILES string of the molecule is Cc1cc2c(N(CCO)[C@H]3CCO[C@@H]3C)ncnc2s1. The first-order valence-corrected chi connectivity index (χ1v) is 7.72. The summed E-state index contributed by atoms with van der Waals surface area (Å²) in [7, 11) is 0. The minimum Gasteiger partial charge on any atom is -0.395 e. The Bertz CT molecular complexity index is 601. The number of hydrogen-bond donors (Lipinski definition) is 1. The molecule has 0 spiro atoms. The molecule has 0 bridgehead atoms. The number of rotatable bonds is 4. The van der Waals surface area contributed by atoms with Crippen molar-refractivity contribution in [2.24, 2.45) is 0 Å². The van der Waals surface area contributed by atoms with Gasteiger partial charge in [-0.1, -0.05) is 0 Å². The minimum absolute atomic E-state index is 0.109. The van der Waals surface area contributed by atoms with Gasteiger partial charge in [-0.2, -0.15) is 0 Å². The van der Waals surface area contributed by atoms with Gasteiger partial charge >= 0.3 is 0 Å². The second kappa shape index (κ2) is 5.63. The highest BCUT2D eigenvalue weighted by atomic mass is 32.1. The van der Waals surface area contributed by atoms with Crippen molar-refractivity contribution in [1.29, 1.82) is 0 Å². The van der Waals surface area contributed by atoms with Crippen LogP contribution >= 0.6 is 11.3 Å². The summed E-state index contributed by atoms with van der Waals surface area (Å²) < 4.78 is 5.67. The molecule has 0 aliphatic carbocycles. The molecule has 1 fully saturated rings. The fourth-order valence-electron chi connectivity index (χ4n) is 2.86. The van der Waals surface area contributed by atoms with E-state index >= 15 is 0 Å². The lowest BCUT2D eigenvalue weighted by Gasteiger charge is -2.31. The Labute approximate surface area is 122 Å². The molecule has 108 valence electrons. The van der Waals surface area contributed by atoms with Crippen LogP contribution in [0.4, 0.5) is 5.82 Å².